The van der Waals surface area contributed by atoms with E-state index in [1.807, 2.05) is 12.1 Å². The first kappa shape index (κ1) is 21.3. The van der Waals surface area contributed by atoms with Gasteiger partial charge >= 0.3 is 0 Å². The minimum atomic E-state index is -0.400. The number of nitrogens with two attached hydrogens (primary N) is 1. The van der Waals surface area contributed by atoms with Gasteiger partial charge < -0.3 is 15.6 Å². The number of hydrogen-bond donors (Lipinski definition) is 2. The molecule has 1 aromatic heterocycles. The molecule has 1 aromatic carbocycles. The molecule has 32 heavy (non-hydrogen) atoms. The monoisotopic (exact) mass is 433 g/mol. The fraction of sp³-hybridized carbons (Fsp3) is 0.556. The van der Waals surface area contributed by atoms with Crippen molar-refractivity contribution in [1.82, 2.24) is 4.57 Å². The van der Waals surface area contributed by atoms with E-state index < -0.39 is 5.91 Å². The van der Waals surface area contributed by atoms with Gasteiger partial charge in [0.25, 0.3) is 5.91 Å². The Kier molecular flexibility index (Phi) is 5.39. The van der Waals surface area contributed by atoms with E-state index in [2.05, 4.69) is 29.8 Å². The number of nitrogens with zero attached hydrogens (tertiary/aromatic N) is 1. The van der Waals surface area contributed by atoms with Gasteiger partial charge in [0.2, 0.25) is 0 Å². The van der Waals surface area contributed by atoms with E-state index in [9.17, 15) is 9.59 Å². The molecule has 0 radical (unpaired) electrons. The summed E-state index contributed by atoms with van der Waals surface area (Å²) in [5.74, 6) is -0.106. The van der Waals surface area contributed by atoms with Crippen LogP contribution in [0.3, 0.4) is 0 Å². The number of hydrogen-bond acceptors (Lipinski definition) is 3. The summed E-state index contributed by atoms with van der Waals surface area (Å²) < 4.78 is 2.35. The lowest BCUT2D eigenvalue weighted by Gasteiger charge is -2.30. The molecule has 0 aliphatic heterocycles. The second-order valence-electron chi connectivity index (χ2n) is 10.8. The van der Waals surface area contributed by atoms with Gasteiger partial charge in [-0.1, -0.05) is 33.1 Å². The quantitative estimate of drug-likeness (QED) is 0.682. The van der Waals surface area contributed by atoms with Gasteiger partial charge in [0, 0.05) is 40.8 Å². The minimum absolute atomic E-state index is 0.0425. The van der Waals surface area contributed by atoms with Crippen LogP contribution in [-0.2, 0) is 19.3 Å². The van der Waals surface area contributed by atoms with Crippen molar-refractivity contribution in [3.63, 3.8) is 0 Å². The third-order valence-corrected chi connectivity index (χ3v) is 7.62. The van der Waals surface area contributed by atoms with E-state index >= 15 is 0 Å². The number of anilines is 1. The van der Waals surface area contributed by atoms with Crippen molar-refractivity contribution in [2.24, 2.45) is 11.1 Å². The summed E-state index contributed by atoms with van der Waals surface area (Å²) in [6, 6.07) is 6.34. The maximum Gasteiger partial charge on any atom is 0.250 e. The number of carbonyl (C=O) groups is 2. The normalized spacial score (nSPS) is 20.5. The second-order valence-corrected chi connectivity index (χ2v) is 10.8. The molecule has 2 aromatic rings. The summed E-state index contributed by atoms with van der Waals surface area (Å²) in [4.78, 5) is 25.4. The maximum atomic E-state index is 13.2. The van der Waals surface area contributed by atoms with E-state index in [0.717, 1.165) is 67.6 Å². The number of carbonyl (C=O) groups excluding carboxylic acids is 2. The SMILES string of the molecule is CC1(C)CC(=O)c2c3c(n(-c4ccc(C(N)=O)c(NC5CCCCC5)c4)c2C1)CCCC3. The van der Waals surface area contributed by atoms with Crippen LogP contribution in [0, 0.1) is 5.41 Å². The summed E-state index contributed by atoms with van der Waals surface area (Å²) in [5.41, 5.74) is 12.8. The summed E-state index contributed by atoms with van der Waals surface area (Å²) in [6.45, 7) is 4.38. The minimum Gasteiger partial charge on any atom is -0.382 e. The van der Waals surface area contributed by atoms with Crippen molar-refractivity contribution in [2.75, 3.05) is 5.32 Å². The third-order valence-electron chi connectivity index (χ3n) is 7.62. The lowest BCUT2D eigenvalue weighted by atomic mass is 9.75. The first-order valence-corrected chi connectivity index (χ1v) is 12.3. The molecule has 3 aliphatic rings. The molecule has 1 heterocycles. The molecule has 0 atom stereocenters. The van der Waals surface area contributed by atoms with Gasteiger partial charge in [0.1, 0.15) is 0 Å². The highest BCUT2D eigenvalue weighted by molar-refractivity contribution is 6.01. The molecule has 3 N–H and O–H groups in total. The van der Waals surface area contributed by atoms with Crippen molar-refractivity contribution in [3.8, 4) is 5.69 Å². The van der Waals surface area contributed by atoms with Crippen LogP contribution in [0.15, 0.2) is 18.2 Å². The molecule has 1 amide bonds. The summed E-state index contributed by atoms with van der Waals surface area (Å²) in [6.07, 6.45) is 11.8. The van der Waals surface area contributed by atoms with Crippen molar-refractivity contribution >= 4 is 17.4 Å². The van der Waals surface area contributed by atoms with E-state index in [-0.39, 0.29) is 5.41 Å². The Labute approximate surface area is 190 Å². The molecule has 170 valence electrons. The zero-order valence-corrected chi connectivity index (χ0v) is 19.4. The van der Waals surface area contributed by atoms with Gasteiger partial charge in [-0.2, -0.15) is 0 Å². The fourth-order valence-corrected chi connectivity index (χ4v) is 6.17. The predicted molar refractivity (Wildman–Crippen MR) is 128 cm³/mol. The second kappa shape index (κ2) is 8.09. The third kappa shape index (κ3) is 3.76. The number of ketones is 1. The molecule has 0 bridgehead atoms. The fourth-order valence-electron chi connectivity index (χ4n) is 6.17. The summed E-state index contributed by atoms with van der Waals surface area (Å²) in [7, 11) is 0. The Morgan fingerprint density at radius 3 is 2.53 bits per heavy atom. The molecular formula is C27H35N3O2. The zero-order chi connectivity index (χ0) is 22.5. The van der Waals surface area contributed by atoms with Crippen molar-refractivity contribution in [2.45, 2.75) is 90.5 Å². The Bertz CT molecular complexity index is 1070. The Hall–Kier alpha value is -2.56. The van der Waals surface area contributed by atoms with Crippen LogP contribution in [0.4, 0.5) is 5.69 Å². The maximum absolute atomic E-state index is 13.2. The van der Waals surface area contributed by atoms with E-state index in [0.29, 0.717) is 23.8 Å². The van der Waals surface area contributed by atoms with Crippen LogP contribution >= 0.6 is 0 Å². The lowest BCUT2D eigenvalue weighted by Crippen LogP contribution is -2.28. The van der Waals surface area contributed by atoms with Gasteiger partial charge in [-0.15, -0.1) is 0 Å². The van der Waals surface area contributed by atoms with E-state index in [1.165, 1.54) is 30.5 Å². The number of benzene rings is 1. The molecule has 0 spiro atoms. The number of fused-ring (bicyclic) bond motifs is 3. The van der Waals surface area contributed by atoms with Gasteiger partial charge in [-0.25, -0.2) is 0 Å². The van der Waals surface area contributed by atoms with Gasteiger partial charge in [0.05, 0.1) is 5.56 Å². The standard InChI is InChI=1S/C27H35N3O2/c1-27(2)15-23-25(24(31)16-27)20-10-6-7-11-22(20)30(23)18-12-13-19(26(28)32)21(14-18)29-17-8-4-3-5-9-17/h12-14,17,29H,3-11,15-16H2,1-2H3,(H2,28,32). The van der Waals surface area contributed by atoms with Crippen LogP contribution in [0.25, 0.3) is 5.69 Å². The number of rotatable bonds is 4. The summed E-state index contributed by atoms with van der Waals surface area (Å²) >= 11 is 0. The zero-order valence-electron chi connectivity index (χ0n) is 19.4. The average Bonchev–Trinajstić information content (AvgIpc) is 3.07. The average molecular weight is 434 g/mol. The highest BCUT2D eigenvalue weighted by Crippen LogP contribution is 2.42. The van der Waals surface area contributed by atoms with E-state index in [4.69, 9.17) is 5.73 Å². The lowest BCUT2D eigenvalue weighted by molar-refractivity contribution is 0.0909. The molecule has 5 nitrogen and oxygen atoms in total. The number of aromatic nitrogens is 1. The van der Waals surface area contributed by atoms with E-state index in [1.54, 1.807) is 0 Å². The van der Waals surface area contributed by atoms with Crippen LogP contribution in [0.1, 0.15) is 103 Å². The number of nitrogens with one attached hydrogen (secondary N) is 1. The molecule has 5 rings (SSSR count). The highest BCUT2D eigenvalue weighted by atomic mass is 16.1. The molecule has 1 fully saturated rings. The first-order valence-electron chi connectivity index (χ1n) is 12.3. The van der Waals surface area contributed by atoms with Gasteiger partial charge in [-0.05, 0) is 74.1 Å². The van der Waals surface area contributed by atoms with Crippen LogP contribution < -0.4 is 11.1 Å². The topological polar surface area (TPSA) is 77.1 Å². The number of Topliss-reactive ketones (excluding diaryl/α,β-unsaturated/α-hetero) is 1. The Morgan fingerprint density at radius 1 is 1.03 bits per heavy atom. The molecule has 1 saturated carbocycles. The van der Waals surface area contributed by atoms with Crippen LogP contribution in [0.5, 0.6) is 0 Å². The van der Waals surface area contributed by atoms with Crippen molar-refractivity contribution in [3.05, 3.63) is 46.3 Å². The summed E-state index contributed by atoms with van der Waals surface area (Å²) in [5, 5.41) is 3.64. The largest absolute Gasteiger partial charge is 0.382 e. The Morgan fingerprint density at radius 2 is 1.78 bits per heavy atom. The van der Waals surface area contributed by atoms with Crippen LogP contribution in [-0.4, -0.2) is 22.3 Å². The number of primary amides is 1. The molecule has 0 saturated heterocycles. The van der Waals surface area contributed by atoms with Crippen LogP contribution in [0.2, 0.25) is 0 Å². The number of amides is 1. The Balaban J connectivity index is 1.64. The molecule has 0 unspecified atom stereocenters. The molecular weight excluding hydrogens is 398 g/mol. The van der Waals surface area contributed by atoms with Crippen molar-refractivity contribution in [1.29, 1.82) is 0 Å². The molecule has 5 heteroatoms. The first-order chi connectivity index (χ1) is 15.3. The van der Waals surface area contributed by atoms with Crippen molar-refractivity contribution < 1.29 is 9.59 Å². The molecule has 3 aliphatic carbocycles. The van der Waals surface area contributed by atoms with Gasteiger partial charge in [0.15, 0.2) is 5.78 Å². The van der Waals surface area contributed by atoms with Gasteiger partial charge in [-0.3, -0.25) is 9.59 Å². The highest BCUT2D eigenvalue weighted by Gasteiger charge is 2.38. The predicted octanol–water partition coefficient (Wildman–Crippen LogP) is 5.35. The smallest absolute Gasteiger partial charge is 0.250 e.